The highest BCUT2D eigenvalue weighted by Crippen LogP contribution is 2.42. The smallest absolute Gasteiger partial charge is 0.338 e. The number of hydrogen-bond donors (Lipinski definition) is 1. The molecule has 1 saturated heterocycles. The second-order valence-electron chi connectivity index (χ2n) is 7.85. The van der Waals surface area contributed by atoms with E-state index in [2.05, 4.69) is 0 Å². The zero-order valence-electron chi connectivity index (χ0n) is 18.1. The maximum atomic E-state index is 16.1. The lowest BCUT2D eigenvalue weighted by Crippen LogP contribution is -2.46. The number of benzene rings is 2. The molecule has 2 heterocycles. The molecule has 1 aliphatic heterocycles. The molecule has 4 rings (SSSR count). The Bertz CT molecular complexity index is 1290. The molecular formula is C24H21FN2O7. The molecular weight excluding hydrogens is 447 g/mol. The van der Waals surface area contributed by atoms with Gasteiger partial charge >= 0.3 is 17.6 Å². The molecule has 1 unspecified atom stereocenters. The van der Waals surface area contributed by atoms with Gasteiger partial charge in [-0.1, -0.05) is 36.4 Å². The molecule has 4 atom stereocenters. The molecule has 1 aromatic heterocycles. The molecule has 34 heavy (non-hydrogen) atoms. The van der Waals surface area contributed by atoms with Gasteiger partial charge in [-0.05, 0) is 31.2 Å². The summed E-state index contributed by atoms with van der Waals surface area (Å²) in [5.74, 6) is -1.49. The van der Waals surface area contributed by atoms with Gasteiger partial charge in [-0.15, -0.1) is 0 Å². The summed E-state index contributed by atoms with van der Waals surface area (Å²) >= 11 is 0. The van der Waals surface area contributed by atoms with Crippen LogP contribution in [-0.4, -0.2) is 46.0 Å². The van der Waals surface area contributed by atoms with Gasteiger partial charge in [0, 0.05) is 12.3 Å². The Morgan fingerprint density at radius 3 is 2.18 bits per heavy atom. The fourth-order valence-corrected chi connectivity index (χ4v) is 3.71. The highest BCUT2D eigenvalue weighted by Gasteiger charge is 2.58. The van der Waals surface area contributed by atoms with E-state index < -0.39 is 53.9 Å². The van der Waals surface area contributed by atoms with Gasteiger partial charge < -0.3 is 14.2 Å². The van der Waals surface area contributed by atoms with Crippen LogP contribution >= 0.6 is 0 Å². The number of ether oxygens (including phenoxy) is 3. The van der Waals surface area contributed by atoms with Crippen molar-refractivity contribution in [2.75, 3.05) is 6.61 Å². The SMILES string of the molecule is C[C@@]1(F)C(OC(=O)c2ccccc2)[C@@H](COC(=O)c2ccccc2)O[C@H]1n1ccc(=O)[nH]c1=O. The van der Waals surface area contributed by atoms with Crippen LogP contribution in [0.4, 0.5) is 4.39 Å². The minimum Gasteiger partial charge on any atom is -0.459 e. The first-order chi connectivity index (χ1) is 16.3. The predicted octanol–water partition coefficient (Wildman–Crippen LogP) is 2.24. The topological polar surface area (TPSA) is 117 Å². The predicted molar refractivity (Wildman–Crippen MR) is 117 cm³/mol. The molecule has 0 spiro atoms. The molecule has 1 aliphatic rings. The monoisotopic (exact) mass is 468 g/mol. The Morgan fingerprint density at radius 1 is 1.00 bits per heavy atom. The molecule has 2 aromatic carbocycles. The summed E-state index contributed by atoms with van der Waals surface area (Å²) in [6, 6.07) is 17.1. The second-order valence-corrected chi connectivity index (χ2v) is 7.85. The number of aromatic amines is 1. The first-order valence-electron chi connectivity index (χ1n) is 10.4. The Balaban J connectivity index is 1.62. The van der Waals surface area contributed by atoms with E-state index in [0.29, 0.717) is 0 Å². The van der Waals surface area contributed by atoms with Crippen LogP contribution in [0, 0.1) is 0 Å². The van der Waals surface area contributed by atoms with Crippen LogP contribution in [0.2, 0.25) is 0 Å². The van der Waals surface area contributed by atoms with Crippen LogP contribution in [0.25, 0.3) is 0 Å². The van der Waals surface area contributed by atoms with Gasteiger partial charge in [0.1, 0.15) is 12.7 Å². The van der Waals surface area contributed by atoms with Gasteiger partial charge in [-0.2, -0.15) is 0 Å². The lowest BCUT2D eigenvalue weighted by atomic mass is 9.98. The maximum Gasteiger partial charge on any atom is 0.338 e. The fraction of sp³-hybridized carbons (Fsp3) is 0.250. The number of carbonyl (C=O) groups is 2. The van der Waals surface area contributed by atoms with E-state index in [1.165, 1.54) is 12.1 Å². The summed E-state index contributed by atoms with van der Waals surface area (Å²) in [5, 5.41) is 0. The van der Waals surface area contributed by atoms with Crippen LogP contribution in [0.3, 0.4) is 0 Å². The molecule has 3 aromatic rings. The number of hydrogen-bond acceptors (Lipinski definition) is 7. The molecule has 0 saturated carbocycles. The Kier molecular flexibility index (Phi) is 6.42. The number of H-pyrrole nitrogens is 1. The molecule has 0 aliphatic carbocycles. The number of halogens is 1. The minimum atomic E-state index is -2.42. The van der Waals surface area contributed by atoms with Crippen molar-refractivity contribution in [3.8, 4) is 0 Å². The Labute approximate surface area is 192 Å². The first-order valence-corrected chi connectivity index (χ1v) is 10.4. The van der Waals surface area contributed by atoms with E-state index in [1.807, 2.05) is 4.98 Å². The van der Waals surface area contributed by atoms with Gasteiger partial charge in [0.25, 0.3) is 5.56 Å². The van der Waals surface area contributed by atoms with E-state index >= 15 is 4.39 Å². The first kappa shape index (κ1) is 23.1. The van der Waals surface area contributed by atoms with Crippen LogP contribution in [0.5, 0.6) is 0 Å². The van der Waals surface area contributed by atoms with Gasteiger partial charge in [0.05, 0.1) is 11.1 Å². The third-order valence-electron chi connectivity index (χ3n) is 5.42. The number of nitrogens with one attached hydrogen (secondary N) is 1. The van der Waals surface area contributed by atoms with Gasteiger partial charge in [0.15, 0.2) is 18.0 Å². The molecule has 0 radical (unpaired) electrons. The highest BCUT2D eigenvalue weighted by molar-refractivity contribution is 5.90. The lowest BCUT2D eigenvalue weighted by molar-refractivity contribution is -0.0649. The van der Waals surface area contributed by atoms with Crippen LogP contribution in [0.1, 0.15) is 33.9 Å². The summed E-state index contributed by atoms with van der Waals surface area (Å²) < 4.78 is 33.4. The zero-order valence-corrected chi connectivity index (χ0v) is 18.1. The van der Waals surface area contributed by atoms with Crippen molar-refractivity contribution in [1.29, 1.82) is 0 Å². The summed E-state index contributed by atoms with van der Waals surface area (Å²) in [6.07, 6.45) is -3.25. The molecule has 176 valence electrons. The average molecular weight is 468 g/mol. The second kappa shape index (κ2) is 9.44. The summed E-state index contributed by atoms with van der Waals surface area (Å²) in [6.45, 7) is 0.658. The number of rotatable bonds is 6. The van der Waals surface area contributed by atoms with Crippen molar-refractivity contribution >= 4 is 11.9 Å². The zero-order chi connectivity index (χ0) is 24.3. The van der Waals surface area contributed by atoms with E-state index in [0.717, 1.165) is 23.8 Å². The standard InChI is InChI=1S/C24H21FN2O7/c1-24(25)19(34-21(30)16-10-6-3-7-11-16)17(14-32-20(29)15-8-4-2-5-9-15)33-22(24)27-13-12-18(28)26-23(27)31/h2-13,17,19,22H,14H2,1H3,(H,26,28,31)/t17-,19?,22-,24-/m1/s1. The van der Waals surface area contributed by atoms with E-state index in [4.69, 9.17) is 14.2 Å². The quantitative estimate of drug-likeness (QED) is 0.552. The molecule has 1 N–H and O–H groups in total. The van der Waals surface area contributed by atoms with Crippen molar-refractivity contribution in [2.45, 2.75) is 31.0 Å². The highest BCUT2D eigenvalue weighted by atomic mass is 19.1. The normalized spacial score (nSPS) is 23.9. The molecule has 0 amide bonds. The Hall–Kier alpha value is -4.05. The molecule has 1 fully saturated rings. The Morgan fingerprint density at radius 2 is 1.59 bits per heavy atom. The van der Waals surface area contributed by atoms with Crippen LogP contribution in [-0.2, 0) is 14.2 Å². The van der Waals surface area contributed by atoms with Crippen molar-refractivity contribution < 1.29 is 28.2 Å². The van der Waals surface area contributed by atoms with Crippen LogP contribution in [0.15, 0.2) is 82.5 Å². The van der Waals surface area contributed by atoms with Gasteiger partial charge in [-0.25, -0.2) is 18.8 Å². The van der Waals surface area contributed by atoms with Crippen molar-refractivity contribution in [3.05, 3.63) is 105 Å². The molecule has 0 bridgehead atoms. The van der Waals surface area contributed by atoms with Crippen molar-refractivity contribution in [3.63, 3.8) is 0 Å². The molecule has 10 heteroatoms. The van der Waals surface area contributed by atoms with E-state index in [1.54, 1.807) is 48.5 Å². The lowest BCUT2D eigenvalue weighted by Gasteiger charge is -2.27. The summed E-state index contributed by atoms with van der Waals surface area (Å²) in [7, 11) is 0. The van der Waals surface area contributed by atoms with Crippen molar-refractivity contribution in [1.82, 2.24) is 9.55 Å². The maximum absolute atomic E-state index is 16.1. The number of nitrogens with zero attached hydrogens (tertiary/aromatic N) is 1. The minimum absolute atomic E-state index is 0.183. The van der Waals surface area contributed by atoms with Gasteiger partial charge in [0.2, 0.25) is 0 Å². The van der Waals surface area contributed by atoms with E-state index in [9.17, 15) is 19.2 Å². The summed E-state index contributed by atoms with van der Waals surface area (Å²) in [4.78, 5) is 50.8. The van der Waals surface area contributed by atoms with Gasteiger partial charge in [-0.3, -0.25) is 14.3 Å². The molecule has 9 nitrogen and oxygen atoms in total. The van der Waals surface area contributed by atoms with Crippen molar-refractivity contribution in [2.24, 2.45) is 0 Å². The number of carbonyl (C=O) groups excluding carboxylic acids is 2. The van der Waals surface area contributed by atoms with Crippen LogP contribution < -0.4 is 11.2 Å². The average Bonchev–Trinajstić information content (AvgIpc) is 3.08. The fourth-order valence-electron chi connectivity index (χ4n) is 3.71. The largest absolute Gasteiger partial charge is 0.459 e. The number of esters is 2. The number of alkyl halides is 1. The summed E-state index contributed by atoms with van der Waals surface area (Å²) in [5.41, 5.74) is -3.54. The third-order valence-corrected chi connectivity index (χ3v) is 5.42. The third kappa shape index (κ3) is 4.67. The van der Waals surface area contributed by atoms with E-state index in [-0.39, 0.29) is 11.1 Å². The number of aromatic nitrogens is 2.